The van der Waals surface area contributed by atoms with Crippen molar-refractivity contribution in [3.05, 3.63) is 36.0 Å². The summed E-state index contributed by atoms with van der Waals surface area (Å²) < 4.78 is 36.2. The number of hydrogen-bond donors (Lipinski definition) is 2. The molecule has 4 nitrogen and oxygen atoms in total. The highest BCUT2D eigenvalue weighted by molar-refractivity contribution is 5.99. The van der Waals surface area contributed by atoms with Crippen molar-refractivity contribution in [2.45, 2.75) is 6.18 Å². The van der Waals surface area contributed by atoms with Crippen LogP contribution in [0.15, 0.2) is 30.3 Å². The van der Waals surface area contributed by atoms with Gasteiger partial charge in [0.05, 0.1) is 5.52 Å². The summed E-state index contributed by atoms with van der Waals surface area (Å²) in [5.74, 6) is -0.857. The summed E-state index contributed by atoms with van der Waals surface area (Å²) >= 11 is 0. The van der Waals surface area contributed by atoms with Gasteiger partial charge in [-0.2, -0.15) is 13.2 Å². The van der Waals surface area contributed by atoms with Crippen LogP contribution in [0.4, 0.5) is 18.9 Å². The molecule has 2 rings (SSSR count). The van der Waals surface area contributed by atoms with Gasteiger partial charge in [0.1, 0.15) is 12.2 Å². The maximum absolute atomic E-state index is 12.1. The van der Waals surface area contributed by atoms with E-state index in [2.05, 4.69) is 10.3 Å². The number of pyridine rings is 1. The summed E-state index contributed by atoms with van der Waals surface area (Å²) in [5.41, 5.74) is 1.11. The highest BCUT2D eigenvalue weighted by atomic mass is 19.4. The summed E-state index contributed by atoms with van der Waals surface area (Å²) in [6.45, 7) is -1.38. The first-order valence-corrected chi connectivity index (χ1v) is 5.83. The number of amides is 1. The second kappa shape index (κ2) is 5.36. The van der Waals surface area contributed by atoms with E-state index < -0.39 is 18.6 Å². The first-order valence-electron chi connectivity index (χ1n) is 5.83. The van der Waals surface area contributed by atoms with Crippen LogP contribution in [0.2, 0.25) is 0 Å². The molecule has 0 bridgehead atoms. The molecule has 0 atom stereocenters. The Balaban J connectivity index is 2.33. The molecular weight excluding hydrogens is 271 g/mol. The molecule has 20 heavy (non-hydrogen) atoms. The normalized spacial score (nSPS) is 11.4. The second-order valence-electron chi connectivity index (χ2n) is 4.12. The van der Waals surface area contributed by atoms with E-state index in [0.717, 1.165) is 5.39 Å². The van der Waals surface area contributed by atoms with Gasteiger partial charge in [0.25, 0.3) is 5.91 Å². The van der Waals surface area contributed by atoms with E-state index in [-0.39, 0.29) is 5.69 Å². The largest absolute Gasteiger partial charge is 0.405 e. The van der Waals surface area contributed by atoms with Gasteiger partial charge in [-0.25, -0.2) is 4.98 Å². The van der Waals surface area contributed by atoms with Crippen LogP contribution in [0.3, 0.4) is 0 Å². The molecule has 7 heteroatoms. The molecule has 0 aliphatic carbocycles. The predicted molar refractivity (Wildman–Crippen MR) is 69.7 cm³/mol. The van der Waals surface area contributed by atoms with Crippen molar-refractivity contribution < 1.29 is 18.0 Å². The minimum atomic E-state index is -4.45. The van der Waals surface area contributed by atoms with Crippen molar-refractivity contribution >= 4 is 22.5 Å². The fourth-order valence-corrected chi connectivity index (χ4v) is 1.77. The van der Waals surface area contributed by atoms with Crippen LogP contribution in [0, 0.1) is 0 Å². The third-order valence-electron chi connectivity index (χ3n) is 2.67. The van der Waals surface area contributed by atoms with E-state index in [9.17, 15) is 18.0 Å². The first kappa shape index (κ1) is 14.1. The fraction of sp³-hybridized carbons (Fsp3) is 0.231. The number of rotatable bonds is 3. The van der Waals surface area contributed by atoms with Crippen LogP contribution in [0.5, 0.6) is 0 Å². The fourth-order valence-electron chi connectivity index (χ4n) is 1.77. The number of alkyl halides is 3. The Labute approximate surface area is 113 Å². The number of halogens is 3. The van der Waals surface area contributed by atoms with Gasteiger partial charge in [0.15, 0.2) is 0 Å². The lowest BCUT2D eigenvalue weighted by molar-refractivity contribution is -0.123. The third kappa shape index (κ3) is 3.17. The molecule has 0 saturated carbocycles. The number of fused-ring (bicyclic) bond motifs is 1. The maximum atomic E-state index is 12.1. The summed E-state index contributed by atoms with van der Waals surface area (Å²) in [7, 11) is 1.67. The van der Waals surface area contributed by atoms with E-state index in [1.807, 2.05) is 12.1 Å². The number of carbonyl (C=O) groups excluding carboxylic acids is 1. The molecule has 0 aliphatic heterocycles. The molecule has 1 heterocycles. The van der Waals surface area contributed by atoms with Crippen LogP contribution >= 0.6 is 0 Å². The van der Waals surface area contributed by atoms with E-state index >= 15 is 0 Å². The number of carbonyl (C=O) groups is 1. The highest BCUT2D eigenvalue weighted by Crippen LogP contribution is 2.22. The monoisotopic (exact) mass is 283 g/mol. The number of para-hydroxylation sites is 1. The van der Waals surface area contributed by atoms with Crippen LogP contribution in [-0.4, -0.2) is 30.7 Å². The molecule has 1 aromatic carbocycles. The summed E-state index contributed by atoms with van der Waals surface area (Å²) in [6, 6.07) is 8.48. The Kier molecular flexibility index (Phi) is 3.78. The minimum Gasteiger partial charge on any atom is -0.388 e. The van der Waals surface area contributed by atoms with E-state index in [1.165, 1.54) is 6.07 Å². The molecule has 0 saturated heterocycles. The van der Waals surface area contributed by atoms with Crippen LogP contribution in [0.25, 0.3) is 10.9 Å². The molecule has 0 aliphatic rings. The first-order chi connectivity index (χ1) is 9.40. The summed E-state index contributed by atoms with van der Waals surface area (Å²) in [6.07, 6.45) is -4.45. The Hall–Kier alpha value is -2.31. The van der Waals surface area contributed by atoms with Crippen molar-refractivity contribution in [3.63, 3.8) is 0 Å². The van der Waals surface area contributed by atoms with Gasteiger partial charge in [0.2, 0.25) is 0 Å². The summed E-state index contributed by atoms with van der Waals surface area (Å²) in [4.78, 5) is 15.8. The molecule has 0 unspecified atom stereocenters. The number of benzene rings is 1. The Morgan fingerprint density at radius 2 is 2.00 bits per heavy atom. The molecule has 2 aromatic rings. The zero-order valence-corrected chi connectivity index (χ0v) is 10.6. The van der Waals surface area contributed by atoms with Crippen molar-refractivity contribution in [2.75, 3.05) is 18.9 Å². The minimum absolute atomic E-state index is 0.0581. The lowest BCUT2D eigenvalue weighted by Crippen LogP contribution is -2.34. The number of nitrogens with zero attached hydrogens (tertiary/aromatic N) is 1. The van der Waals surface area contributed by atoms with Crippen LogP contribution in [0.1, 0.15) is 10.5 Å². The van der Waals surface area contributed by atoms with Crippen molar-refractivity contribution in [1.82, 2.24) is 10.3 Å². The SMILES string of the molecule is CNc1cc(C(=O)NCC(F)(F)F)nc2ccccc12. The number of aromatic nitrogens is 1. The van der Waals surface area contributed by atoms with Gasteiger partial charge in [-0.15, -0.1) is 0 Å². The molecule has 0 spiro atoms. The standard InChI is InChI=1S/C13H12F3N3O/c1-17-10-6-11(12(20)18-7-13(14,15)16)19-9-5-3-2-4-8(9)10/h2-6H,7H2,1H3,(H,17,19)(H,18,20). The number of nitrogens with one attached hydrogen (secondary N) is 2. The Bertz CT molecular complexity index is 640. The van der Waals surface area contributed by atoms with Crippen LogP contribution < -0.4 is 10.6 Å². The van der Waals surface area contributed by atoms with Gasteiger partial charge >= 0.3 is 6.18 Å². The highest BCUT2D eigenvalue weighted by Gasteiger charge is 2.28. The van der Waals surface area contributed by atoms with Gasteiger partial charge < -0.3 is 10.6 Å². The molecule has 106 valence electrons. The maximum Gasteiger partial charge on any atom is 0.405 e. The average molecular weight is 283 g/mol. The average Bonchev–Trinajstić information content (AvgIpc) is 2.42. The lowest BCUT2D eigenvalue weighted by atomic mass is 10.1. The third-order valence-corrected chi connectivity index (χ3v) is 2.67. The Morgan fingerprint density at radius 3 is 2.65 bits per heavy atom. The van der Waals surface area contributed by atoms with Gasteiger partial charge in [-0.1, -0.05) is 18.2 Å². The zero-order valence-electron chi connectivity index (χ0n) is 10.6. The summed E-state index contributed by atoms with van der Waals surface area (Å²) in [5, 5.41) is 5.49. The van der Waals surface area contributed by atoms with Gasteiger partial charge in [0, 0.05) is 18.1 Å². The van der Waals surface area contributed by atoms with Gasteiger partial charge in [-0.3, -0.25) is 4.79 Å². The Morgan fingerprint density at radius 1 is 1.30 bits per heavy atom. The van der Waals surface area contributed by atoms with E-state index in [4.69, 9.17) is 0 Å². The molecule has 1 aromatic heterocycles. The topological polar surface area (TPSA) is 54.0 Å². The predicted octanol–water partition coefficient (Wildman–Crippen LogP) is 2.57. The number of hydrogen-bond acceptors (Lipinski definition) is 3. The van der Waals surface area contributed by atoms with Crippen molar-refractivity contribution in [2.24, 2.45) is 0 Å². The second-order valence-corrected chi connectivity index (χ2v) is 4.12. The smallest absolute Gasteiger partial charge is 0.388 e. The van der Waals surface area contributed by atoms with Crippen molar-refractivity contribution in [3.8, 4) is 0 Å². The van der Waals surface area contributed by atoms with E-state index in [0.29, 0.717) is 11.2 Å². The quantitative estimate of drug-likeness (QED) is 0.910. The van der Waals surface area contributed by atoms with Crippen LogP contribution in [-0.2, 0) is 0 Å². The molecule has 0 fully saturated rings. The van der Waals surface area contributed by atoms with E-state index in [1.54, 1.807) is 24.5 Å². The number of anilines is 1. The molecule has 1 amide bonds. The van der Waals surface area contributed by atoms with Crippen molar-refractivity contribution in [1.29, 1.82) is 0 Å². The zero-order chi connectivity index (χ0) is 14.8. The lowest BCUT2D eigenvalue weighted by Gasteiger charge is -2.10. The van der Waals surface area contributed by atoms with Gasteiger partial charge in [-0.05, 0) is 12.1 Å². The molecular formula is C13H12F3N3O. The molecule has 0 radical (unpaired) electrons. The molecule has 2 N–H and O–H groups in total.